The molecule has 0 spiro atoms. The third kappa shape index (κ3) is 2.80. The van der Waals surface area contributed by atoms with Crippen molar-refractivity contribution in [2.24, 2.45) is 0 Å². The Morgan fingerprint density at radius 2 is 2.00 bits per heavy atom. The molecule has 0 bridgehead atoms. The lowest BCUT2D eigenvalue weighted by atomic mass is 10.1. The number of halogens is 1. The highest BCUT2D eigenvalue weighted by Gasteiger charge is 2.20. The minimum absolute atomic E-state index is 0.141. The van der Waals surface area contributed by atoms with Crippen molar-refractivity contribution in [2.75, 3.05) is 14.2 Å². The summed E-state index contributed by atoms with van der Waals surface area (Å²) in [5.74, 6) is 0.173. The van der Waals surface area contributed by atoms with Gasteiger partial charge < -0.3 is 9.47 Å². The molecule has 2 rings (SSSR count). The molecule has 2 aromatic rings. The van der Waals surface area contributed by atoms with Gasteiger partial charge in [0.15, 0.2) is 5.69 Å². The van der Waals surface area contributed by atoms with Gasteiger partial charge in [0.1, 0.15) is 0 Å². The molecule has 1 heterocycles. The number of methoxy groups -OCH3 is 2. The van der Waals surface area contributed by atoms with Gasteiger partial charge in [-0.05, 0) is 24.6 Å². The molecule has 5 nitrogen and oxygen atoms in total. The van der Waals surface area contributed by atoms with E-state index < -0.39 is 0 Å². The first-order valence-corrected chi connectivity index (χ1v) is 6.62. The quantitative estimate of drug-likeness (QED) is 0.803. The summed E-state index contributed by atoms with van der Waals surface area (Å²) in [6.07, 6.45) is 1.39. The summed E-state index contributed by atoms with van der Waals surface area (Å²) in [6.45, 7) is 1.95. The van der Waals surface area contributed by atoms with Crippen molar-refractivity contribution in [2.45, 2.75) is 6.92 Å². The van der Waals surface area contributed by atoms with Crippen molar-refractivity contribution in [1.29, 1.82) is 0 Å². The molecular weight excluding hydrogens is 324 g/mol. The number of carbonyl (C=O) groups is 1. The van der Waals surface area contributed by atoms with Crippen LogP contribution in [0.15, 0.2) is 28.9 Å². The second kappa shape index (κ2) is 6.00. The molecule has 0 N–H and O–H groups in total. The summed E-state index contributed by atoms with van der Waals surface area (Å²) in [7, 11) is 2.91. The highest BCUT2D eigenvalue weighted by Crippen LogP contribution is 2.25. The van der Waals surface area contributed by atoms with Gasteiger partial charge in [-0.1, -0.05) is 22.0 Å². The predicted octanol–water partition coefficient (Wildman–Crippen LogP) is 2.80. The molecule has 1 aromatic carbocycles. The Hall–Kier alpha value is -1.95. The summed E-state index contributed by atoms with van der Waals surface area (Å²) < 4.78 is 10.8. The molecule has 0 aliphatic rings. The predicted molar refractivity (Wildman–Crippen MR) is 77.4 cm³/mol. The molecule has 0 unspecified atom stereocenters. The SMILES string of the molecule is COc1cnc(C(=O)c2ccc(C)cc2Br)c(OC)n1. The van der Waals surface area contributed by atoms with Gasteiger partial charge in [0.2, 0.25) is 17.5 Å². The highest BCUT2D eigenvalue weighted by atomic mass is 79.9. The van der Waals surface area contributed by atoms with Crippen molar-refractivity contribution in [3.63, 3.8) is 0 Å². The number of ketones is 1. The molecule has 0 aliphatic heterocycles. The summed E-state index contributed by atoms with van der Waals surface area (Å²) in [5.41, 5.74) is 1.72. The number of carbonyl (C=O) groups excluding carboxylic acids is 1. The summed E-state index contributed by atoms with van der Waals surface area (Å²) in [4.78, 5) is 20.6. The lowest BCUT2D eigenvalue weighted by Crippen LogP contribution is -2.09. The van der Waals surface area contributed by atoms with E-state index in [9.17, 15) is 4.79 Å². The first-order chi connectivity index (χ1) is 9.56. The van der Waals surface area contributed by atoms with Gasteiger partial charge in [0.25, 0.3) is 0 Å². The molecule has 0 radical (unpaired) electrons. The van der Waals surface area contributed by atoms with E-state index in [1.807, 2.05) is 19.1 Å². The van der Waals surface area contributed by atoms with Crippen molar-refractivity contribution < 1.29 is 14.3 Å². The number of nitrogens with zero attached hydrogens (tertiary/aromatic N) is 2. The standard InChI is InChI=1S/C14H13BrN2O3/c1-8-4-5-9(10(15)6-8)13(18)12-14(20-3)17-11(19-2)7-16-12/h4-7H,1-3H3. The largest absolute Gasteiger partial charge is 0.480 e. The number of aromatic nitrogens is 2. The smallest absolute Gasteiger partial charge is 0.247 e. The molecule has 0 aliphatic carbocycles. The van der Waals surface area contributed by atoms with Crippen molar-refractivity contribution >= 4 is 21.7 Å². The van der Waals surface area contributed by atoms with Crippen LogP contribution in [-0.2, 0) is 0 Å². The average Bonchev–Trinajstić information content (AvgIpc) is 2.46. The average molecular weight is 337 g/mol. The minimum atomic E-state index is -0.260. The first-order valence-electron chi connectivity index (χ1n) is 5.82. The van der Waals surface area contributed by atoms with Crippen LogP contribution in [0.1, 0.15) is 21.6 Å². The first kappa shape index (κ1) is 14.5. The zero-order valence-corrected chi connectivity index (χ0v) is 12.9. The molecule has 104 valence electrons. The topological polar surface area (TPSA) is 61.3 Å². The maximum Gasteiger partial charge on any atom is 0.247 e. The molecule has 20 heavy (non-hydrogen) atoms. The van der Waals surface area contributed by atoms with Crippen LogP contribution in [0.2, 0.25) is 0 Å². The van der Waals surface area contributed by atoms with Gasteiger partial charge >= 0.3 is 0 Å². The number of benzene rings is 1. The van der Waals surface area contributed by atoms with Gasteiger partial charge in [-0.3, -0.25) is 4.79 Å². The summed E-state index contributed by atoms with van der Waals surface area (Å²) >= 11 is 3.39. The Morgan fingerprint density at radius 1 is 1.25 bits per heavy atom. The van der Waals surface area contributed by atoms with Gasteiger partial charge in [0, 0.05) is 10.0 Å². The molecule has 0 saturated carbocycles. The van der Waals surface area contributed by atoms with Crippen LogP contribution in [0, 0.1) is 6.92 Å². The minimum Gasteiger partial charge on any atom is -0.480 e. The molecule has 6 heteroatoms. The molecule has 0 fully saturated rings. The maximum atomic E-state index is 12.5. The van der Waals surface area contributed by atoms with E-state index >= 15 is 0 Å². The van der Waals surface area contributed by atoms with E-state index in [2.05, 4.69) is 25.9 Å². The van der Waals surface area contributed by atoms with Crippen LogP contribution in [-0.4, -0.2) is 30.0 Å². The lowest BCUT2D eigenvalue weighted by Gasteiger charge is -2.08. The number of aryl methyl sites for hydroxylation is 1. The number of ether oxygens (including phenoxy) is 2. The second-order valence-electron chi connectivity index (χ2n) is 4.08. The van der Waals surface area contributed by atoms with E-state index in [0.29, 0.717) is 15.9 Å². The van der Waals surface area contributed by atoms with Crippen LogP contribution < -0.4 is 9.47 Å². The fourth-order valence-electron chi connectivity index (χ4n) is 1.69. The van der Waals surface area contributed by atoms with Gasteiger partial charge in [-0.15, -0.1) is 0 Å². The van der Waals surface area contributed by atoms with Crippen LogP contribution in [0.5, 0.6) is 11.8 Å². The monoisotopic (exact) mass is 336 g/mol. The van der Waals surface area contributed by atoms with Crippen molar-refractivity contribution in [3.8, 4) is 11.8 Å². The fraction of sp³-hybridized carbons (Fsp3) is 0.214. The van der Waals surface area contributed by atoms with Gasteiger partial charge in [0.05, 0.1) is 20.4 Å². The Morgan fingerprint density at radius 3 is 2.60 bits per heavy atom. The van der Waals surface area contributed by atoms with Crippen LogP contribution >= 0.6 is 15.9 Å². The van der Waals surface area contributed by atoms with E-state index in [0.717, 1.165) is 5.56 Å². The van der Waals surface area contributed by atoms with Crippen LogP contribution in [0.3, 0.4) is 0 Å². The number of hydrogen-bond acceptors (Lipinski definition) is 5. The second-order valence-corrected chi connectivity index (χ2v) is 4.94. The highest BCUT2D eigenvalue weighted by molar-refractivity contribution is 9.10. The molecule has 0 saturated heterocycles. The molecule has 0 atom stereocenters. The van der Waals surface area contributed by atoms with E-state index in [-0.39, 0.29) is 17.4 Å². The maximum absolute atomic E-state index is 12.5. The third-order valence-corrected chi connectivity index (χ3v) is 3.36. The van der Waals surface area contributed by atoms with E-state index in [4.69, 9.17) is 9.47 Å². The Kier molecular flexibility index (Phi) is 4.34. The zero-order chi connectivity index (χ0) is 14.7. The van der Waals surface area contributed by atoms with Crippen molar-refractivity contribution in [1.82, 2.24) is 9.97 Å². The van der Waals surface area contributed by atoms with Gasteiger partial charge in [-0.2, -0.15) is 4.98 Å². The Balaban J connectivity index is 2.47. The third-order valence-electron chi connectivity index (χ3n) is 2.71. The lowest BCUT2D eigenvalue weighted by molar-refractivity contribution is 0.102. The zero-order valence-electron chi connectivity index (χ0n) is 11.3. The van der Waals surface area contributed by atoms with E-state index in [1.54, 1.807) is 6.07 Å². The normalized spacial score (nSPS) is 10.2. The number of rotatable bonds is 4. The fourth-order valence-corrected chi connectivity index (χ4v) is 2.36. The van der Waals surface area contributed by atoms with Crippen LogP contribution in [0.4, 0.5) is 0 Å². The summed E-state index contributed by atoms with van der Waals surface area (Å²) in [6, 6.07) is 5.48. The molecular formula is C14H13BrN2O3. The molecule has 1 aromatic heterocycles. The van der Waals surface area contributed by atoms with Crippen LogP contribution in [0.25, 0.3) is 0 Å². The molecule has 0 amide bonds. The van der Waals surface area contributed by atoms with E-state index in [1.165, 1.54) is 20.4 Å². The number of hydrogen-bond donors (Lipinski definition) is 0. The summed E-state index contributed by atoms with van der Waals surface area (Å²) in [5, 5.41) is 0. The Bertz CT molecular complexity index is 659. The van der Waals surface area contributed by atoms with Gasteiger partial charge in [-0.25, -0.2) is 4.98 Å². The van der Waals surface area contributed by atoms with Crippen molar-refractivity contribution in [3.05, 3.63) is 45.7 Å². The Labute approximate surface area is 125 Å².